The van der Waals surface area contributed by atoms with Gasteiger partial charge in [0.25, 0.3) is 0 Å². The predicted octanol–water partition coefficient (Wildman–Crippen LogP) is 3.02. The van der Waals surface area contributed by atoms with Crippen molar-refractivity contribution in [2.75, 3.05) is 6.54 Å². The Hall–Kier alpha value is -2.04. The van der Waals surface area contributed by atoms with Crippen molar-refractivity contribution in [2.24, 2.45) is 0 Å². The number of carbonyl (C=O) groups excluding carboxylic acids is 2. The average Bonchev–Trinajstić information content (AvgIpc) is 2.55. The molecule has 1 saturated carbocycles. The van der Waals surface area contributed by atoms with Crippen LogP contribution in [0.2, 0.25) is 0 Å². The Morgan fingerprint density at radius 2 is 1.58 bits per heavy atom. The van der Waals surface area contributed by atoms with E-state index in [0.717, 1.165) is 18.4 Å². The van der Waals surface area contributed by atoms with E-state index in [4.69, 9.17) is 0 Å². The molecule has 1 aliphatic rings. The van der Waals surface area contributed by atoms with Gasteiger partial charge >= 0.3 is 6.03 Å². The number of hydrogen-bond donors (Lipinski definition) is 3. The van der Waals surface area contributed by atoms with Crippen molar-refractivity contribution in [1.82, 2.24) is 16.0 Å². The Labute approximate surface area is 144 Å². The molecule has 5 nitrogen and oxygen atoms in total. The monoisotopic (exact) mass is 331 g/mol. The Morgan fingerprint density at radius 1 is 0.958 bits per heavy atom. The fraction of sp³-hybridized carbons (Fsp3) is 0.579. The Balaban J connectivity index is 1.63. The van der Waals surface area contributed by atoms with E-state index in [1.807, 2.05) is 31.2 Å². The molecule has 0 bridgehead atoms. The fourth-order valence-corrected chi connectivity index (χ4v) is 2.99. The van der Waals surface area contributed by atoms with Crippen molar-refractivity contribution in [3.8, 4) is 0 Å². The maximum Gasteiger partial charge on any atom is 0.315 e. The molecule has 0 aromatic heterocycles. The lowest BCUT2D eigenvalue weighted by Crippen LogP contribution is -2.44. The third kappa shape index (κ3) is 7.02. The van der Waals surface area contributed by atoms with E-state index in [9.17, 15) is 9.59 Å². The van der Waals surface area contributed by atoms with Crippen LogP contribution < -0.4 is 16.0 Å². The number of aryl methyl sites for hydroxylation is 1. The highest BCUT2D eigenvalue weighted by atomic mass is 16.2. The van der Waals surface area contributed by atoms with Crippen LogP contribution in [0.4, 0.5) is 4.79 Å². The number of rotatable bonds is 5. The average molecular weight is 331 g/mol. The van der Waals surface area contributed by atoms with E-state index >= 15 is 0 Å². The second-order valence-corrected chi connectivity index (χ2v) is 6.63. The molecule has 3 amide bonds. The number of amides is 3. The van der Waals surface area contributed by atoms with Gasteiger partial charge in [0.2, 0.25) is 5.91 Å². The number of carbonyl (C=O) groups is 2. The van der Waals surface area contributed by atoms with Crippen molar-refractivity contribution in [3.63, 3.8) is 0 Å². The van der Waals surface area contributed by atoms with Gasteiger partial charge in [0, 0.05) is 12.6 Å². The molecule has 0 heterocycles. The first-order chi connectivity index (χ1) is 11.6. The molecule has 5 heteroatoms. The summed E-state index contributed by atoms with van der Waals surface area (Å²) in [6.07, 6.45) is 8.27. The lowest BCUT2D eigenvalue weighted by molar-refractivity contribution is -0.120. The lowest BCUT2D eigenvalue weighted by Gasteiger charge is -2.21. The molecule has 3 N–H and O–H groups in total. The Morgan fingerprint density at radius 3 is 2.25 bits per heavy atom. The largest absolute Gasteiger partial charge is 0.352 e. The van der Waals surface area contributed by atoms with Gasteiger partial charge in [0.1, 0.15) is 0 Å². The van der Waals surface area contributed by atoms with E-state index in [0.29, 0.717) is 6.54 Å². The second kappa shape index (κ2) is 9.96. The van der Waals surface area contributed by atoms with E-state index < -0.39 is 0 Å². The quantitative estimate of drug-likeness (QED) is 0.776. The minimum atomic E-state index is -0.316. The molecule has 132 valence electrons. The van der Waals surface area contributed by atoms with Crippen molar-refractivity contribution < 1.29 is 9.59 Å². The van der Waals surface area contributed by atoms with Crippen LogP contribution >= 0.6 is 0 Å². The van der Waals surface area contributed by atoms with Gasteiger partial charge in [-0.25, -0.2) is 4.79 Å². The molecule has 24 heavy (non-hydrogen) atoms. The highest BCUT2D eigenvalue weighted by Gasteiger charge is 2.14. The molecule has 1 aromatic rings. The zero-order chi connectivity index (χ0) is 17.2. The van der Waals surface area contributed by atoms with Gasteiger partial charge in [0.15, 0.2) is 0 Å². The van der Waals surface area contributed by atoms with Crippen LogP contribution in [0, 0.1) is 6.92 Å². The van der Waals surface area contributed by atoms with Crippen molar-refractivity contribution in [2.45, 2.75) is 64.5 Å². The first kappa shape index (κ1) is 18.3. The van der Waals surface area contributed by atoms with E-state index in [1.54, 1.807) is 0 Å². The summed E-state index contributed by atoms with van der Waals surface area (Å²) >= 11 is 0. The van der Waals surface area contributed by atoms with Crippen LogP contribution in [0.1, 0.15) is 56.1 Å². The molecule has 0 aliphatic heterocycles. The van der Waals surface area contributed by atoms with Gasteiger partial charge < -0.3 is 16.0 Å². The van der Waals surface area contributed by atoms with E-state index in [-0.39, 0.29) is 24.5 Å². The summed E-state index contributed by atoms with van der Waals surface area (Å²) in [7, 11) is 0. The maximum absolute atomic E-state index is 12.0. The van der Waals surface area contributed by atoms with Crippen LogP contribution in [0.5, 0.6) is 0 Å². The molecule has 0 unspecified atom stereocenters. The summed E-state index contributed by atoms with van der Waals surface area (Å²) in [5.41, 5.74) is 2.23. The number of nitrogens with one attached hydrogen (secondary N) is 3. The van der Waals surface area contributed by atoms with Crippen molar-refractivity contribution in [1.29, 1.82) is 0 Å². The van der Waals surface area contributed by atoms with Crippen LogP contribution in [-0.4, -0.2) is 24.5 Å². The third-order valence-corrected chi connectivity index (χ3v) is 4.45. The topological polar surface area (TPSA) is 70.2 Å². The van der Waals surface area contributed by atoms with Crippen molar-refractivity contribution in [3.05, 3.63) is 35.4 Å². The summed E-state index contributed by atoms with van der Waals surface area (Å²) in [5, 5.41) is 8.43. The third-order valence-electron chi connectivity index (χ3n) is 4.45. The SMILES string of the molecule is Cc1ccc(CNC(=O)NCC(=O)NC2CCCCCCC2)cc1. The Kier molecular flexibility index (Phi) is 7.59. The second-order valence-electron chi connectivity index (χ2n) is 6.63. The van der Waals surface area contributed by atoms with Crippen LogP contribution in [-0.2, 0) is 11.3 Å². The molecular weight excluding hydrogens is 302 g/mol. The first-order valence-corrected chi connectivity index (χ1v) is 9.00. The number of urea groups is 1. The zero-order valence-corrected chi connectivity index (χ0v) is 14.6. The van der Waals surface area contributed by atoms with Crippen LogP contribution in [0.15, 0.2) is 24.3 Å². The van der Waals surface area contributed by atoms with Gasteiger partial charge in [-0.05, 0) is 25.3 Å². The van der Waals surface area contributed by atoms with Crippen LogP contribution in [0.3, 0.4) is 0 Å². The minimum absolute atomic E-state index is 0.0240. The first-order valence-electron chi connectivity index (χ1n) is 9.00. The highest BCUT2D eigenvalue weighted by Crippen LogP contribution is 2.16. The predicted molar refractivity (Wildman–Crippen MR) is 95.7 cm³/mol. The molecule has 0 spiro atoms. The molecule has 0 atom stereocenters. The van der Waals surface area contributed by atoms with Gasteiger partial charge in [-0.15, -0.1) is 0 Å². The van der Waals surface area contributed by atoms with Gasteiger partial charge in [0.05, 0.1) is 6.54 Å². The van der Waals surface area contributed by atoms with Crippen molar-refractivity contribution >= 4 is 11.9 Å². The minimum Gasteiger partial charge on any atom is -0.352 e. The summed E-state index contributed by atoms with van der Waals surface area (Å²) in [4.78, 5) is 23.8. The Bertz CT molecular complexity index is 520. The number of hydrogen-bond acceptors (Lipinski definition) is 2. The summed E-state index contributed by atoms with van der Waals surface area (Å²) in [5.74, 6) is -0.106. The zero-order valence-electron chi connectivity index (χ0n) is 14.6. The van der Waals surface area contributed by atoms with Gasteiger partial charge in [-0.3, -0.25) is 4.79 Å². The summed E-state index contributed by atoms with van der Waals surface area (Å²) < 4.78 is 0. The van der Waals surface area contributed by atoms with E-state index in [2.05, 4.69) is 16.0 Å². The molecule has 0 saturated heterocycles. The molecular formula is C19H29N3O2. The standard InChI is InChI=1S/C19H29N3O2/c1-15-9-11-16(12-10-15)13-20-19(24)21-14-18(23)22-17-7-5-3-2-4-6-8-17/h9-12,17H,2-8,13-14H2,1H3,(H,22,23)(H2,20,21,24). The maximum atomic E-state index is 12.0. The highest BCUT2D eigenvalue weighted by molar-refractivity contribution is 5.84. The van der Waals surface area contributed by atoms with Crippen LogP contribution in [0.25, 0.3) is 0 Å². The molecule has 1 aliphatic carbocycles. The van der Waals surface area contributed by atoms with E-state index in [1.165, 1.54) is 37.7 Å². The molecule has 1 fully saturated rings. The normalized spacial score (nSPS) is 15.9. The summed E-state index contributed by atoms with van der Waals surface area (Å²) in [6.45, 7) is 2.51. The molecule has 2 rings (SSSR count). The summed E-state index contributed by atoms with van der Waals surface area (Å²) in [6, 6.07) is 7.93. The molecule has 0 radical (unpaired) electrons. The van der Waals surface area contributed by atoms with Gasteiger partial charge in [-0.2, -0.15) is 0 Å². The number of benzene rings is 1. The smallest absolute Gasteiger partial charge is 0.315 e. The van der Waals surface area contributed by atoms with Gasteiger partial charge in [-0.1, -0.05) is 61.9 Å². The molecule has 1 aromatic carbocycles. The fourth-order valence-electron chi connectivity index (χ4n) is 2.99. The lowest BCUT2D eigenvalue weighted by atomic mass is 9.97.